The highest BCUT2D eigenvalue weighted by atomic mass is 16.4. The molecule has 3 aromatic rings. The largest absolute Gasteiger partial charge is 0.411 e. The monoisotopic (exact) mass is 416 g/mol. The Balaban J connectivity index is 2.26. The number of benzene rings is 3. The first-order valence-corrected chi connectivity index (χ1v) is 10.3. The van der Waals surface area contributed by atoms with Gasteiger partial charge in [0.05, 0.1) is 11.6 Å². The standard InChI is InChI=1S/C26H32N4O/c1-28(2)23-13-7-20(8-14-23)26(19-27-31,21-9-15-24(16-10-21)29(3)4)22-11-17-25(18-12-22)30(5)6/h7-19,31H,1-6H3. The van der Waals surface area contributed by atoms with Crippen LogP contribution in [0.25, 0.3) is 0 Å². The molecule has 0 radical (unpaired) electrons. The maximum absolute atomic E-state index is 9.76. The summed E-state index contributed by atoms with van der Waals surface area (Å²) in [6, 6.07) is 25.2. The summed E-state index contributed by atoms with van der Waals surface area (Å²) in [6.45, 7) is 0. The zero-order valence-corrected chi connectivity index (χ0v) is 19.2. The Morgan fingerprint density at radius 3 is 1.00 bits per heavy atom. The molecule has 5 heteroatoms. The van der Waals surface area contributed by atoms with Crippen molar-refractivity contribution in [2.75, 3.05) is 57.0 Å². The number of nitrogens with zero attached hydrogens (tertiary/aromatic N) is 4. The lowest BCUT2D eigenvalue weighted by Crippen LogP contribution is -2.31. The first-order chi connectivity index (χ1) is 14.8. The second kappa shape index (κ2) is 9.13. The Kier molecular flexibility index (Phi) is 6.54. The smallest absolute Gasteiger partial charge is 0.0837 e. The van der Waals surface area contributed by atoms with Gasteiger partial charge >= 0.3 is 0 Å². The summed E-state index contributed by atoms with van der Waals surface area (Å²) >= 11 is 0. The highest BCUT2D eigenvalue weighted by molar-refractivity contribution is 5.85. The number of rotatable bonds is 7. The molecular formula is C26H32N4O. The van der Waals surface area contributed by atoms with Gasteiger partial charge in [-0.3, -0.25) is 0 Å². The fourth-order valence-electron chi connectivity index (χ4n) is 3.88. The molecule has 0 aliphatic heterocycles. The van der Waals surface area contributed by atoms with Crippen LogP contribution in [0, 0.1) is 0 Å². The topological polar surface area (TPSA) is 42.3 Å². The van der Waals surface area contributed by atoms with Gasteiger partial charge in [0.2, 0.25) is 0 Å². The van der Waals surface area contributed by atoms with Crippen molar-refractivity contribution in [3.8, 4) is 0 Å². The molecule has 3 rings (SSSR count). The van der Waals surface area contributed by atoms with Crippen molar-refractivity contribution in [2.45, 2.75) is 5.41 Å². The molecule has 0 atom stereocenters. The molecule has 162 valence electrons. The van der Waals surface area contributed by atoms with Crippen LogP contribution < -0.4 is 14.7 Å². The van der Waals surface area contributed by atoms with Crippen LogP contribution in [0.5, 0.6) is 0 Å². The van der Waals surface area contributed by atoms with E-state index in [9.17, 15) is 5.21 Å². The summed E-state index contributed by atoms with van der Waals surface area (Å²) in [5.74, 6) is 0. The molecule has 0 spiro atoms. The molecule has 0 aliphatic carbocycles. The summed E-state index contributed by atoms with van der Waals surface area (Å²) < 4.78 is 0. The molecule has 0 saturated heterocycles. The molecule has 0 fully saturated rings. The molecule has 1 N–H and O–H groups in total. The molecule has 31 heavy (non-hydrogen) atoms. The predicted octanol–water partition coefficient (Wildman–Crippen LogP) is 4.68. The SMILES string of the molecule is CN(C)c1ccc(C(C=NO)(c2ccc(N(C)C)cc2)c2ccc(N(C)C)cc2)cc1. The van der Waals surface area contributed by atoms with Gasteiger partial charge in [0, 0.05) is 59.3 Å². The molecule has 0 amide bonds. The Morgan fingerprint density at radius 2 is 0.806 bits per heavy atom. The van der Waals surface area contributed by atoms with Gasteiger partial charge < -0.3 is 19.9 Å². The van der Waals surface area contributed by atoms with Gasteiger partial charge in [-0.25, -0.2) is 0 Å². The normalized spacial score (nSPS) is 11.5. The van der Waals surface area contributed by atoms with E-state index in [2.05, 4.69) is 92.7 Å². The van der Waals surface area contributed by atoms with E-state index in [1.54, 1.807) is 6.21 Å². The van der Waals surface area contributed by atoms with Gasteiger partial charge in [-0.05, 0) is 53.1 Å². The van der Waals surface area contributed by atoms with Crippen LogP contribution in [0.15, 0.2) is 78.0 Å². The maximum Gasteiger partial charge on any atom is 0.0837 e. The summed E-state index contributed by atoms with van der Waals surface area (Å²) in [5.41, 5.74) is 5.72. The molecule has 0 heterocycles. The van der Waals surface area contributed by atoms with Crippen LogP contribution in [0.3, 0.4) is 0 Å². The zero-order chi connectivity index (χ0) is 22.6. The Hall–Kier alpha value is -3.47. The third kappa shape index (κ3) is 4.36. The zero-order valence-electron chi connectivity index (χ0n) is 19.2. The van der Waals surface area contributed by atoms with E-state index in [1.165, 1.54) is 0 Å². The number of hydrogen-bond acceptors (Lipinski definition) is 5. The lowest BCUT2D eigenvalue weighted by molar-refractivity contribution is 0.319. The Labute approximate surface area is 185 Å². The average molecular weight is 417 g/mol. The van der Waals surface area contributed by atoms with Crippen molar-refractivity contribution >= 4 is 23.3 Å². The van der Waals surface area contributed by atoms with Gasteiger partial charge in [-0.1, -0.05) is 36.4 Å². The fourth-order valence-corrected chi connectivity index (χ4v) is 3.88. The third-order valence-corrected chi connectivity index (χ3v) is 5.77. The highest BCUT2D eigenvalue weighted by Gasteiger charge is 2.35. The van der Waals surface area contributed by atoms with Crippen LogP contribution in [-0.2, 0) is 5.41 Å². The summed E-state index contributed by atoms with van der Waals surface area (Å²) in [6.07, 6.45) is 1.63. The molecule has 0 aromatic heterocycles. The average Bonchev–Trinajstić information content (AvgIpc) is 2.78. The summed E-state index contributed by atoms with van der Waals surface area (Å²) in [7, 11) is 12.2. The fraction of sp³-hybridized carbons (Fsp3) is 0.269. The van der Waals surface area contributed by atoms with Gasteiger partial charge in [0.25, 0.3) is 0 Å². The lowest BCUT2D eigenvalue weighted by Gasteiger charge is -2.33. The third-order valence-electron chi connectivity index (χ3n) is 5.77. The minimum absolute atomic E-state index is 0.727. The van der Waals surface area contributed by atoms with Crippen LogP contribution in [0.1, 0.15) is 16.7 Å². The Bertz CT molecular complexity index is 880. The van der Waals surface area contributed by atoms with Crippen molar-refractivity contribution in [3.05, 3.63) is 89.5 Å². The van der Waals surface area contributed by atoms with Crippen LogP contribution >= 0.6 is 0 Å². The van der Waals surface area contributed by atoms with Crippen molar-refractivity contribution in [1.82, 2.24) is 0 Å². The number of hydrogen-bond donors (Lipinski definition) is 1. The predicted molar refractivity (Wildman–Crippen MR) is 132 cm³/mol. The Morgan fingerprint density at radius 1 is 0.548 bits per heavy atom. The van der Waals surface area contributed by atoms with Gasteiger partial charge in [0.15, 0.2) is 0 Å². The highest BCUT2D eigenvalue weighted by Crippen LogP contribution is 2.39. The van der Waals surface area contributed by atoms with Crippen molar-refractivity contribution in [1.29, 1.82) is 0 Å². The number of oxime groups is 1. The van der Waals surface area contributed by atoms with E-state index in [0.717, 1.165) is 33.8 Å². The van der Waals surface area contributed by atoms with Crippen LogP contribution in [0.4, 0.5) is 17.1 Å². The van der Waals surface area contributed by atoms with Gasteiger partial charge in [0.1, 0.15) is 0 Å². The van der Waals surface area contributed by atoms with Crippen molar-refractivity contribution in [2.24, 2.45) is 5.16 Å². The van der Waals surface area contributed by atoms with Crippen LogP contribution in [0.2, 0.25) is 0 Å². The van der Waals surface area contributed by atoms with E-state index in [4.69, 9.17) is 0 Å². The molecule has 0 bridgehead atoms. The van der Waals surface area contributed by atoms with E-state index >= 15 is 0 Å². The minimum atomic E-state index is -0.727. The molecule has 0 saturated carbocycles. The van der Waals surface area contributed by atoms with Gasteiger partial charge in [-0.2, -0.15) is 0 Å². The first-order valence-electron chi connectivity index (χ1n) is 10.3. The maximum atomic E-state index is 9.76. The quantitative estimate of drug-likeness (QED) is 0.263. The molecular weight excluding hydrogens is 384 g/mol. The van der Waals surface area contributed by atoms with Gasteiger partial charge in [-0.15, -0.1) is 5.16 Å². The van der Waals surface area contributed by atoms with Crippen molar-refractivity contribution < 1.29 is 5.21 Å². The van der Waals surface area contributed by atoms with E-state index in [-0.39, 0.29) is 0 Å². The second-order valence-corrected chi connectivity index (χ2v) is 8.38. The second-order valence-electron chi connectivity index (χ2n) is 8.38. The van der Waals surface area contributed by atoms with E-state index in [1.807, 2.05) is 42.3 Å². The molecule has 3 aromatic carbocycles. The summed E-state index contributed by atoms with van der Waals surface area (Å²) in [5, 5.41) is 13.3. The molecule has 5 nitrogen and oxygen atoms in total. The minimum Gasteiger partial charge on any atom is -0.411 e. The lowest BCUT2D eigenvalue weighted by atomic mass is 9.70. The first kappa shape index (κ1) is 22.2. The molecule has 0 unspecified atom stereocenters. The number of anilines is 3. The van der Waals surface area contributed by atoms with Crippen LogP contribution in [-0.4, -0.2) is 53.7 Å². The van der Waals surface area contributed by atoms with E-state index in [0.29, 0.717) is 0 Å². The summed E-state index contributed by atoms with van der Waals surface area (Å²) in [4.78, 5) is 6.22. The molecule has 0 aliphatic rings. The van der Waals surface area contributed by atoms with E-state index < -0.39 is 5.41 Å². The van der Waals surface area contributed by atoms with Crippen molar-refractivity contribution in [3.63, 3.8) is 0 Å².